The molecule has 6 heteroatoms. The number of carbonyl (C=O) groups is 1. The third-order valence-corrected chi connectivity index (χ3v) is 4.33. The zero-order valence-corrected chi connectivity index (χ0v) is 14.9. The molecule has 0 bridgehead atoms. The van der Waals surface area contributed by atoms with Gasteiger partial charge < -0.3 is 15.4 Å². The van der Waals surface area contributed by atoms with Gasteiger partial charge in [0.05, 0.1) is 6.10 Å². The van der Waals surface area contributed by atoms with Gasteiger partial charge in [-0.05, 0) is 44.7 Å². The molecular formula is C19H24N4O2. The van der Waals surface area contributed by atoms with Gasteiger partial charge in [-0.3, -0.25) is 4.79 Å². The van der Waals surface area contributed by atoms with Gasteiger partial charge in [-0.15, -0.1) is 0 Å². The largest absolute Gasteiger partial charge is 0.376 e. The van der Waals surface area contributed by atoms with Crippen molar-refractivity contribution >= 4 is 17.4 Å². The van der Waals surface area contributed by atoms with E-state index < -0.39 is 0 Å². The molecule has 2 heterocycles. The number of hydrogen-bond donors (Lipinski definition) is 2. The molecule has 1 aliphatic rings. The number of aromatic nitrogens is 2. The number of ether oxygens (including phenoxy) is 1. The number of hydrogen-bond acceptors (Lipinski definition) is 5. The zero-order valence-electron chi connectivity index (χ0n) is 14.9. The number of anilines is 2. The Bertz CT molecular complexity index is 750. The molecule has 1 saturated heterocycles. The number of carbonyl (C=O) groups excluding carboxylic acids is 1. The van der Waals surface area contributed by atoms with Crippen LogP contribution in [0.1, 0.15) is 40.3 Å². The topological polar surface area (TPSA) is 76.1 Å². The van der Waals surface area contributed by atoms with Crippen molar-refractivity contribution in [1.29, 1.82) is 0 Å². The van der Waals surface area contributed by atoms with Crippen LogP contribution in [0.3, 0.4) is 0 Å². The fraction of sp³-hybridized carbons (Fsp3) is 0.421. The first-order valence-corrected chi connectivity index (χ1v) is 8.61. The summed E-state index contributed by atoms with van der Waals surface area (Å²) >= 11 is 0. The van der Waals surface area contributed by atoms with Gasteiger partial charge >= 0.3 is 0 Å². The van der Waals surface area contributed by atoms with Gasteiger partial charge in [0.25, 0.3) is 5.91 Å². The molecule has 2 N–H and O–H groups in total. The highest BCUT2D eigenvalue weighted by molar-refractivity contribution is 6.04. The summed E-state index contributed by atoms with van der Waals surface area (Å²) in [6.45, 7) is 7.24. The van der Waals surface area contributed by atoms with E-state index in [1.165, 1.54) is 0 Å². The van der Waals surface area contributed by atoms with Crippen LogP contribution in [0.25, 0.3) is 0 Å². The van der Waals surface area contributed by atoms with E-state index in [4.69, 9.17) is 4.74 Å². The summed E-state index contributed by atoms with van der Waals surface area (Å²) in [4.78, 5) is 21.3. The molecule has 1 fully saturated rings. The van der Waals surface area contributed by atoms with Crippen molar-refractivity contribution in [2.75, 3.05) is 23.8 Å². The summed E-state index contributed by atoms with van der Waals surface area (Å²) in [6.07, 6.45) is 2.36. The quantitative estimate of drug-likeness (QED) is 0.874. The first kappa shape index (κ1) is 17.4. The molecule has 1 unspecified atom stereocenters. The van der Waals surface area contributed by atoms with E-state index in [0.717, 1.165) is 36.3 Å². The van der Waals surface area contributed by atoms with Gasteiger partial charge in [0.1, 0.15) is 17.3 Å². The van der Waals surface area contributed by atoms with E-state index in [1.54, 1.807) is 13.0 Å². The molecule has 25 heavy (non-hydrogen) atoms. The second kappa shape index (κ2) is 7.61. The molecule has 132 valence electrons. The van der Waals surface area contributed by atoms with Crippen molar-refractivity contribution in [3.63, 3.8) is 0 Å². The van der Waals surface area contributed by atoms with Crippen molar-refractivity contribution < 1.29 is 9.53 Å². The van der Waals surface area contributed by atoms with Crippen molar-refractivity contribution in [2.45, 2.75) is 39.7 Å². The molecule has 1 aromatic heterocycles. The van der Waals surface area contributed by atoms with Crippen molar-refractivity contribution in [3.8, 4) is 0 Å². The summed E-state index contributed by atoms with van der Waals surface area (Å²) in [5, 5.41) is 6.22. The van der Waals surface area contributed by atoms with Crippen LogP contribution in [0.4, 0.5) is 11.5 Å². The minimum atomic E-state index is -0.233. The first-order valence-electron chi connectivity index (χ1n) is 8.61. The second-order valence-electron chi connectivity index (χ2n) is 6.42. The average molecular weight is 340 g/mol. The number of para-hydroxylation sites is 1. The molecule has 2 aromatic rings. The Morgan fingerprint density at radius 1 is 1.24 bits per heavy atom. The zero-order chi connectivity index (χ0) is 17.8. The molecule has 0 spiro atoms. The van der Waals surface area contributed by atoms with Crippen LogP contribution < -0.4 is 10.6 Å². The van der Waals surface area contributed by atoms with Crippen molar-refractivity contribution in [1.82, 2.24) is 9.97 Å². The van der Waals surface area contributed by atoms with Crippen LogP contribution in [0.2, 0.25) is 0 Å². The maximum Gasteiger partial charge on any atom is 0.274 e. The Kier molecular flexibility index (Phi) is 5.28. The van der Waals surface area contributed by atoms with Gasteiger partial charge in [0.15, 0.2) is 0 Å². The molecule has 6 nitrogen and oxygen atoms in total. The Hall–Kier alpha value is -2.47. The van der Waals surface area contributed by atoms with Gasteiger partial charge in [-0.1, -0.05) is 18.2 Å². The predicted octanol–water partition coefficient (Wildman–Crippen LogP) is 3.25. The highest BCUT2D eigenvalue weighted by atomic mass is 16.5. The van der Waals surface area contributed by atoms with Gasteiger partial charge in [-0.2, -0.15) is 0 Å². The number of benzene rings is 1. The summed E-state index contributed by atoms with van der Waals surface area (Å²) in [5.41, 5.74) is 3.23. The van der Waals surface area contributed by atoms with E-state index in [0.29, 0.717) is 23.9 Å². The standard InChI is InChI=1S/C19H24N4O2/c1-12-6-4-7-13(2)18(12)23-19(24)16-10-17(22-14(3)21-16)20-11-15-8-5-9-25-15/h4,6-7,10,15H,5,8-9,11H2,1-3H3,(H,23,24)(H,20,21,22). The fourth-order valence-electron chi connectivity index (χ4n) is 2.99. The maximum atomic E-state index is 12.6. The van der Waals surface area contributed by atoms with Crippen LogP contribution >= 0.6 is 0 Å². The summed E-state index contributed by atoms with van der Waals surface area (Å²) in [7, 11) is 0. The van der Waals surface area contributed by atoms with E-state index in [-0.39, 0.29) is 12.0 Å². The van der Waals surface area contributed by atoms with E-state index >= 15 is 0 Å². The normalized spacial score (nSPS) is 16.7. The third-order valence-electron chi connectivity index (χ3n) is 4.33. The van der Waals surface area contributed by atoms with Crippen molar-refractivity contribution in [3.05, 3.63) is 46.9 Å². The number of aryl methyl sites for hydroxylation is 3. The number of nitrogens with one attached hydrogen (secondary N) is 2. The van der Waals surface area contributed by atoms with Gasteiger partial charge in [0.2, 0.25) is 0 Å². The predicted molar refractivity (Wildman–Crippen MR) is 98.1 cm³/mol. The van der Waals surface area contributed by atoms with Crippen LogP contribution in [-0.4, -0.2) is 35.1 Å². The first-order chi connectivity index (χ1) is 12.0. The third kappa shape index (κ3) is 4.33. The molecular weight excluding hydrogens is 316 g/mol. The molecule has 0 radical (unpaired) electrons. The summed E-state index contributed by atoms with van der Waals surface area (Å²) in [6, 6.07) is 7.61. The average Bonchev–Trinajstić information content (AvgIpc) is 3.09. The lowest BCUT2D eigenvalue weighted by Gasteiger charge is -2.14. The smallest absolute Gasteiger partial charge is 0.274 e. The van der Waals surface area contributed by atoms with Crippen molar-refractivity contribution in [2.24, 2.45) is 0 Å². The summed E-state index contributed by atoms with van der Waals surface area (Å²) in [5.74, 6) is 0.974. The lowest BCUT2D eigenvalue weighted by atomic mass is 10.1. The van der Waals surface area contributed by atoms with E-state index in [1.807, 2.05) is 32.0 Å². The van der Waals surface area contributed by atoms with Crippen LogP contribution in [-0.2, 0) is 4.74 Å². The molecule has 0 saturated carbocycles. The Labute approximate surface area is 148 Å². The molecule has 1 amide bonds. The second-order valence-corrected chi connectivity index (χ2v) is 6.42. The molecule has 0 aliphatic carbocycles. The molecule has 1 aromatic carbocycles. The number of nitrogens with zero attached hydrogens (tertiary/aromatic N) is 2. The minimum Gasteiger partial charge on any atom is -0.376 e. The minimum absolute atomic E-state index is 0.210. The van der Waals surface area contributed by atoms with E-state index in [9.17, 15) is 4.79 Å². The molecule has 3 rings (SSSR count). The maximum absolute atomic E-state index is 12.6. The summed E-state index contributed by atoms with van der Waals surface area (Å²) < 4.78 is 5.60. The van der Waals surface area contributed by atoms with Gasteiger partial charge in [0, 0.05) is 24.9 Å². The Balaban J connectivity index is 1.73. The molecule has 1 atom stereocenters. The lowest BCUT2D eigenvalue weighted by molar-refractivity contribution is 0.102. The van der Waals surface area contributed by atoms with Crippen LogP contribution in [0, 0.1) is 20.8 Å². The van der Waals surface area contributed by atoms with Crippen LogP contribution in [0.15, 0.2) is 24.3 Å². The highest BCUT2D eigenvalue weighted by Gasteiger charge is 2.17. The highest BCUT2D eigenvalue weighted by Crippen LogP contribution is 2.20. The Morgan fingerprint density at radius 3 is 2.68 bits per heavy atom. The van der Waals surface area contributed by atoms with E-state index in [2.05, 4.69) is 20.6 Å². The number of amides is 1. The fourth-order valence-corrected chi connectivity index (χ4v) is 2.99. The SMILES string of the molecule is Cc1nc(NCC2CCCO2)cc(C(=O)Nc2c(C)cccc2C)n1. The van der Waals surface area contributed by atoms with Crippen LogP contribution in [0.5, 0.6) is 0 Å². The Morgan fingerprint density at radius 2 is 2.00 bits per heavy atom. The monoisotopic (exact) mass is 340 g/mol. The number of rotatable bonds is 5. The lowest BCUT2D eigenvalue weighted by Crippen LogP contribution is -2.21. The molecule has 1 aliphatic heterocycles. The van der Waals surface area contributed by atoms with Gasteiger partial charge in [-0.25, -0.2) is 9.97 Å².